The van der Waals surface area contributed by atoms with Crippen LogP contribution >= 0.6 is 0 Å². The van der Waals surface area contributed by atoms with Gasteiger partial charge < -0.3 is 15.5 Å². The van der Waals surface area contributed by atoms with E-state index >= 15 is 0 Å². The van der Waals surface area contributed by atoms with E-state index < -0.39 is 0 Å². The van der Waals surface area contributed by atoms with E-state index in [9.17, 15) is 9.59 Å². The molecule has 0 spiro atoms. The fraction of sp³-hybridized carbons (Fsp3) is 0.556. The van der Waals surface area contributed by atoms with E-state index in [2.05, 4.69) is 33.0 Å². The number of aryl methyl sites for hydroxylation is 1. The van der Waals surface area contributed by atoms with Gasteiger partial charge in [0.25, 0.3) is 0 Å². The first-order valence-electron chi connectivity index (χ1n) is 8.83. The molecule has 0 radical (unpaired) electrons. The van der Waals surface area contributed by atoms with E-state index in [1.165, 1.54) is 12.0 Å². The summed E-state index contributed by atoms with van der Waals surface area (Å²) >= 11 is 0. The largest absolute Gasteiger partial charge is 0.374 e. The van der Waals surface area contributed by atoms with Gasteiger partial charge >= 0.3 is 0 Å². The monoisotopic (exact) mass is 330 g/mol. The van der Waals surface area contributed by atoms with Crippen LogP contribution < -0.4 is 16.0 Å². The number of nitrogens with one attached hydrogen (secondary N) is 3. The normalized spacial score (nSPS) is 22.2. The molecule has 3 N–H and O–H groups in total. The second kappa shape index (κ2) is 8.26. The van der Waals surface area contributed by atoms with Gasteiger partial charge in [0, 0.05) is 38.3 Å². The van der Waals surface area contributed by atoms with Crippen LogP contribution in [-0.2, 0) is 16.0 Å². The summed E-state index contributed by atoms with van der Waals surface area (Å²) in [6, 6.07) is 7.95. The zero-order valence-corrected chi connectivity index (χ0v) is 14.0. The first-order valence-corrected chi connectivity index (χ1v) is 8.83. The van der Waals surface area contributed by atoms with Crippen molar-refractivity contribution in [1.29, 1.82) is 0 Å². The van der Waals surface area contributed by atoms with Crippen LogP contribution in [0.3, 0.4) is 0 Å². The Kier molecular flexibility index (Phi) is 5.82. The van der Waals surface area contributed by atoms with E-state index in [1.54, 1.807) is 0 Å². The third kappa shape index (κ3) is 4.79. The maximum Gasteiger partial charge on any atom is 0.249 e. The Balaban J connectivity index is 1.43. The smallest absolute Gasteiger partial charge is 0.249 e. The third-order valence-corrected chi connectivity index (χ3v) is 4.68. The molecule has 2 saturated heterocycles. The maximum absolute atomic E-state index is 11.8. The lowest BCUT2D eigenvalue weighted by Gasteiger charge is -2.27. The number of anilines is 1. The molecule has 2 aliphatic rings. The lowest BCUT2D eigenvalue weighted by atomic mass is 10.0. The van der Waals surface area contributed by atoms with Crippen molar-refractivity contribution < 1.29 is 9.59 Å². The molecule has 0 saturated carbocycles. The fourth-order valence-corrected chi connectivity index (χ4v) is 3.24. The summed E-state index contributed by atoms with van der Waals surface area (Å²) < 4.78 is 0. The Hall–Kier alpha value is -1.92. The van der Waals surface area contributed by atoms with Crippen molar-refractivity contribution in [3.05, 3.63) is 29.8 Å². The van der Waals surface area contributed by atoms with E-state index in [0.29, 0.717) is 12.8 Å². The van der Waals surface area contributed by atoms with Crippen LogP contribution in [0.2, 0.25) is 0 Å². The Morgan fingerprint density at radius 1 is 1.12 bits per heavy atom. The first-order chi connectivity index (χ1) is 11.7. The molecule has 0 aromatic heterocycles. The number of rotatable bonds is 6. The maximum atomic E-state index is 11.8. The van der Waals surface area contributed by atoms with Crippen molar-refractivity contribution in [2.24, 2.45) is 0 Å². The molecule has 1 unspecified atom stereocenters. The van der Waals surface area contributed by atoms with Gasteiger partial charge in [-0.2, -0.15) is 0 Å². The van der Waals surface area contributed by atoms with Gasteiger partial charge in [0.15, 0.2) is 0 Å². The summed E-state index contributed by atoms with van der Waals surface area (Å²) in [5, 5.41) is 8.95. The molecule has 2 fully saturated rings. The molecule has 2 aliphatic heterocycles. The predicted octanol–water partition coefficient (Wildman–Crippen LogP) is 0.742. The molecule has 6 heteroatoms. The van der Waals surface area contributed by atoms with Gasteiger partial charge in [-0.15, -0.1) is 0 Å². The zero-order chi connectivity index (χ0) is 16.8. The van der Waals surface area contributed by atoms with E-state index in [-0.39, 0.29) is 17.9 Å². The molecule has 0 aliphatic carbocycles. The quantitative estimate of drug-likeness (QED) is 0.671. The average molecular weight is 330 g/mol. The minimum atomic E-state index is -0.318. The van der Waals surface area contributed by atoms with Crippen LogP contribution in [0, 0.1) is 0 Å². The molecule has 1 aromatic rings. The Labute approximate surface area is 143 Å². The molecule has 3 rings (SSSR count). The SMILES string of the molecule is O=C1CCC(Nc2ccc(CCCN3CCNCC3)cc2)C(=O)N1. The number of amides is 2. The molecule has 24 heavy (non-hydrogen) atoms. The second-order valence-electron chi connectivity index (χ2n) is 6.54. The van der Waals surface area contributed by atoms with Crippen molar-refractivity contribution in [3.8, 4) is 0 Å². The van der Waals surface area contributed by atoms with E-state index in [1.807, 2.05) is 12.1 Å². The Morgan fingerprint density at radius 3 is 2.58 bits per heavy atom. The number of piperidine rings is 1. The standard InChI is InChI=1S/C18H26N4O2/c23-17-8-7-16(18(24)21-17)20-15-5-3-14(4-6-15)2-1-11-22-12-9-19-10-13-22/h3-6,16,19-20H,1-2,7-13H2,(H,21,23,24). The molecule has 0 bridgehead atoms. The number of hydrogen-bond acceptors (Lipinski definition) is 5. The number of benzene rings is 1. The van der Waals surface area contributed by atoms with Crippen LogP contribution in [-0.4, -0.2) is 55.5 Å². The summed E-state index contributed by atoms with van der Waals surface area (Å²) in [5.41, 5.74) is 2.24. The highest BCUT2D eigenvalue weighted by atomic mass is 16.2. The Morgan fingerprint density at radius 2 is 1.88 bits per heavy atom. The van der Waals surface area contributed by atoms with Gasteiger partial charge in [-0.1, -0.05) is 12.1 Å². The minimum Gasteiger partial charge on any atom is -0.374 e. The molecule has 6 nitrogen and oxygen atoms in total. The van der Waals surface area contributed by atoms with Gasteiger partial charge in [0.05, 0.1) is 0 Å². The number of carbonyl (C=O) groups is 2. The highest BCUT2D eigenvalue weighted by molar-refractivity contribution is 6.01. The highest BCUT2D eigenvalue weighted by Gasteiger charge is 2.26. The molecule has 1 aromatic carbocycles. The molecular formula is C18H26N4O2. The third-order valence-electron chi connectivity index (χ3n) is 4.68. The number of imide groups is 1. The van der Waals surface area contributed by atoms with Crippen LogP contribution in [0.5, 0.6) is 0 Å². The average Bonchev–Trinajstić information content (AvgIpc) is 2.60. The summed E-state index contributed by atoms with van der Waals surface area (Å²) in [6.45, 7) is 5.64. The van der Waals surface area contributed by atoms with Crippen molar-refractivity contribution in [1.82, 2.24) is 15.5 Å². The van der Waals surface area contributed by atoms with Crippen LogP contribution in [0.15, 0.2) is 24.3 Å². The number of nitrogens with zero attached hydrogens (tertiary/aromatic N) is 1. The topological polar surface area (TPSA) is 73.5 Å². The van der Waals surface area contributed by atoms with E-state index in [4.69, 9.17) is 0 Å². The molecule has 2 amide bonds. The first kappa shape index (κ1) is 16.9. The number of carbonyl (C=O) groups excluding carboxylic acids is 2. The highest BCUT2D eigenvalue weighted by Crippen LogP contribution is 2.15. The number of hydrogen-bond donors (Lipinski definition) is 3. The summed E-state index contributed by atoms with van der Waals surface area (Å²) in [6.07, 6.45) is 3.19. The second-order valence-corrected chi connectivity index (χ2v) is 6.54. The van der Waals surface area contributed by atoms with Crippen LogP contribution in [0.25, 0.3) is 0 Å². The van der Waals surface area contributed by atoms with Gasteiger partial charge in [0.2, 0.25) is 11.8 Å². The van der Waals surface area contributed by atoms with E-state index in [0.717, 1.165) is 44.8 Å². The molecule has 130 valence electrons. The predicted molar refractivity (Wildman–Crippen MR) is 93.9 cm³/mol. The summed E-state index contributed by atoms with van der Waals surface area (Å²) in [4.78, 5) is 25.4. The molecular weight excluding hydrogens is 304 g/mol. The fourth-order valence-electron chi connectivity index (χ4n) is 3.24. The summed E-state index contributed by atoms with van der Waals surface area (Å²) in [7, 11) is 0. The van der Waals surface area contributed by atoms with Crippen molar-refractivity contribution >= 4 is 17.5 Å². The van der Waals surface area contributed by atoms with Gasteiger partial charge in [0.1, 0.15) is 6.04 Å². The van der Waals surface area contributed by atoms with Gasteiger partial charge in [-0.3, -0.25) is 14.9 Å². The molecule has 1 atom stereocenters. The molecule has 2 heterocycles. The lowest BCUT2D eigenvalue weighted by molar-refractivity contribution is -0.133. The van der Waals surface area contributed by atoms with Gasteiger partial charge in [-0.25, -0.2) is 0 Å². The zero-order valence-electron chi connectivity index (χ0n) is 14.0. The minimum absolute atomic E-state index is 0.183. The van der Waals surface area contributed by atoms with Crippen molar-refractivity contribution in [2.45, 2.75) is 31.7 Å². The van der Waals surface area contributed by atoms with Crippen molar-refractivity contribution in [2.75, 3.05) is 38.0 Å². The van der Waals surface area contributed by atoms with Gasteiger partial charge in [-0.05, 0) is 43.5 Å². The van der Waals surface area contributed by atoms with Crippen LogP contribution in [0.4, 0.5) is 5.69 Å². The Bertz CT molecular complexity index is 567. The van der Waals surface area contributed by atoms with Crippen molar-refractivity contribution in [3.63, 3.8) is 0 Å². The lowest BCUT2D eigenvalue weighted by Crippen LogP contribution is -2.47. The number of piperazine rings is 1. The van der Waals surface area contributed by atoms with Crippen LogP contribution in [0.1, 0.15) is 24.8 Å². The summed E-state index contributed by atoms with van der Waals surface area (Å²) in [5.74, 6) is -0.413.